The number of aliphatic hydroxyl groups excluding tert-OH is 1. The Morgan fingerprint density at radius 3 is 2.62 bits per heavy atom. The maximum absolute atomic E-state index is 12.7. The highest BCUT2D eigenvalue weighted by Gasteiger charge is 2.30. The Morgan fingerprint density at radius 2 is 1.97 bits per heavy atom. The molecule has 0 bridgehead atoms. The number of nitrogens with two attached hydrogens (primary N) is 1. The van der Waals surface area contributed by atoms with Crippen molar-refractivity contribution >= 4 is 11.6 Å². The van der Waals surface area contributed by atoms with Gasteiger partial charge in [0.05, 0.1) is 18.3 Å². The highest BCUT2D eigenvalue weighted by Crippen LogP contribution is 2.34. The summed E-state index contributed by atoms with van der Waals surface area (Å²) in [5.41, 5.74) is 8.81. The van der Waals surface area contributed by atoms with Crippen LogP contribution in [0.5, 0.6) is 5.75 Å². The maximum atomic E-state index is 12.7. The fraction of sp³-hybridized carbons (Fsp3) is 0.750. The molecule has 1 aliphatic heterocycles. The van der Waals surface area contributed by atoms with Crippen molar-refractivity contribution in [3.05, 3.63) is 33.9 Å². The number of carbonyl (C=O) groups is 1. The molecule has 2 rings (SSSR count). The van der Waals surface area contributed by atoms with Crippen LogP contribution in [-0.2, 0) is 20.8 Å². The SMILES string of the molecule is COCCCN1CCOc2ccc(C[C@@H](C[C@H](N)[C@@H](O)C[C@H](C(=O)NCCO[N+](=O)[O-])C(C)C)C(C)C)cc21. The molecule has 11 heteroatoms. The third-order valence-electron chi connectivity index (χ3n) is 7.50. The van der Waals surface area contributed by atoms with E-state index in [1.165, 1.54) is 5.56 Å². The Hall–Kier alpha value is -2.63. The average Bonchev–Trinajstić information content (AvgIpc) is 2.88. The molecule has 11 nitrogen and oxygen atoms in total. The van der Waals surface area contributed by atoms with Gasteiger partial charge in [-0.05, 0) is 61.1 Å². The number of nitrogens with zero attached hydrogens (tertiary/aromatic N) is 2. The topological polar surface area (TPSA) is 149 Å². The lowest BCUT2D eigenvalue weighted by atomic mass is 9.80. The van der Waals surface area contributed by atoms with Crippen LogP contribution in [0.1, 0.15) is 52.5 Å². The molecule has 0 saturated heterocycles. The molecule has 0 aromatic heterocycles. The van der Waals surface area contributed by atoms with Crippen LogP contribution in [0.3, 0.4) is 0 Å². The minimum Gasteiger partial charge on any atom is -0.490 e. The monoisotopic (exact) mass is 552 g/mol. The molecule has 0 fully saturated rings. The third-order valence-corrected chi connectivity index (χ3v) is 7.50. The van der Waals surface area contributed by atoms with Crippen LogP contribution in [0.2, 0.25) is 0 Å². The van der Waals surface area contributed by atoms with Gasteiger partial charge in [-0.2, -0.15) is 0 Å². The molecular formula is C28H48N4O7. The summed E-state index contributed by atoms with van der Waals surface area (Å²) in [4.78, 5) is 29.6. The molecule has 4 N–H and O–H groups in total. The molecule has 1 heterocycles. The molecule has 0 aliphatic carbocycles. The first-order valence-corrected chi connectivity index (χ1v) is 14.0. The molecule has 1 amide bonds. The highest BCUT2D eigenvalue weighted by atomic mass is 16.9. The zero-order valence-corrected chi connectivity index (χ0v) is 24.1. The zero-order valence-electron chi connectivity index (χ0n) is 24.1. The number of rotatable bonds is 18. The second kappa shape index (κ2) is 16.5. The molecule has 0 spiro atoms. The summed E-state index contributed by atoms with van der Waals surface area (Å²) in [6.07, 6.45) is 1.75. The lowest BCUT2D eigenvalue weighted by Crippen LogP contribution is -2.43. The molecule has 0 radical (unpaired) electrons. The first-order valence-electron chi connectivity index (χ1n) is 14.0. The molecular weight excluding hydrogens is 504 g/mol. The van der Waals surface area contributed by atoms with Crippen molar-refractivity contribution in [1.29, 1.82) is 0 Å². The van der Waals surface area contributed by atoms with Crippen LogP contribution in [-0.4, -0.2) is 74.8 Å². The van der Waals surface area contributed by atoms with E-state index < -0.39 is 23.2 Å². The minimum atomic E-state index is -0.892. The van der Waals surface area contributed by atoms with Crippen molar-refractivity contribution in [3.63, 3.8) is 0 Å². The quantitative estimate of drug-likeness (QED) is 0.142. The number of carbonyl (C=O) groups excluding carboxylic acids is 1. The molecule has 222 valence electrons. The summed E-state index contributed by atoms with van der Waals surface area (Å²) in [7, 11) is 1.72. The predicted molar refractivity (Wildman–Crippen MR) is 150 cm³/mol. The van der Waals surface area contributed by atoms with E-state index in [9.17, 15) is 20.0 Å². The zero-order chi connectivity index (χ0) is 28.9. The number of nitrogens with one attached hydrogen (secondary N) is 1. The number of anilines is 1. The molecule has 39 heavy (non-hydrogen) atoms. The van der Waals surface area contributed by atoms with Gasteiger partial charge in [0.25, 0.3) is 5.09 Å². The Morgan fingerprint density at radius 1 is 1.23 bits per heavy atom. The number of aliphatic hydroxyl groups is 1. The number of methoxy groups -OCH3 is 1. The van der Waals surface area contributed by atoms with Gasteiger partial charge in [0.2, 0.25) is 5.91 Å². The largest absolute Gasteiger partial charge is 0.490 e. The number of hydrogen-bond acceptors (Lipinski definition) is 9. The van der Waals surface area contributed by atoms with Crippen molar-refractivity contribution in [2.45, 2.75) is 65.5 Å². The smallest absolute Gasteiger partial charge is 0.294 e. The number of benzene rings is 1. The lowest BCUT2D eigenvalue weighted by Gasteiger charge is -2.32. The van der Waals surface area contributed by atoms with Gasteiger partial charge in [-0.1, -0.05) is 33.8 Å². The maximum Gasteiger partial charge on any atom is 0.294 e. The summed E-state index contributed by atoms with van der Waals surface area (Å²) in [5, 5.41) is 23.0. The Bertz CT molecular complexity index is 899. The first kappa shape index (κ1) is 32.6. The highest BCUT2D eigenvalue weighted by molar-refractivity contribution is 5.78. The van der Waals surface area contributed by atoms with Gasteiger partial charge in [-0.25, -0.2) is 0 Å². The van der Waals surface area contributed by atoms with E-state index in [1.54, 1.807) is 7.11 Å². The van der Waals surface area contributed by atoms with E-state index in [1.807, 2.05) is 19.9 Å². The summed E-state index contributed by atoms with van der Waals surface area (Å²) < 4.78 is 11.1. The molecule has 4 atom stereocenters. The fourth-order valence-electron chi connectivity index (χ4n) is 5.02. The van der Waals surface area contributed by atoms with Crippen molar-refractivity contribution in [2.24, 2.45) is 29.4 Å². The number of amides is 1. The van der Waals surface area contributed by atoms with E-state index in [0.717, 1.165) is 44.0 Å². The van der Waals surface area contributed by atoms with Gasteiger partial charge in [0.15, 0.2) is 0 Å². The summed E-state index contributed by atoms with van der Waals surface area (Å²) in [5.74, 6) is 0.718. The Kier molecular flexibility index (Phi) is 13.8. The second-order valence-corrected chi connectivity index (χ2v) is 11.1. The van der Waals surface area contributed by atoms with Gasteiger partial charge in [0.1, 0.15) is 19.0 Å². The van der Waals surface area contributed by atoms with Crippen LogP contribution in [0.15, 0.2) is 18.2 Å². The Balaban J connectivity index is 2.00. The van der Waals surface area contributed by atoms with Crippen LogP contribution < -0.4 is 20.7 Å². The van der Waals surface area contributed by atoms with Crippen molar-refractivity contribution in [2.75, 3.05) is 51.5 Å². The predicted octanol–water partition coefficient (Wildman–Crippen LogP) is 2.80. The molecule has 1 aromatic carbocycles. The molecule has 1 aliphatic rings. The first-order chi connectivity index (χ1) is 18.5. The van der Waals surface area contributed by atoms with Crippen molar-refractivity contribution in [1.82, 2.24) is 5.32 Å². The van der Waals surface area contributed by atoms with Crippen LogP contribution in [0, 0.1) is 33.8 Å². The molecule has 0 saturated carbocycles. The standard InChI is InChI=1S/C28H48N4O7/c1-19(2)22(15-21-7-8-27-25(16-21)31(11-14-38-27)10-6-12-37-5)17-24(29)26(33)18-23(20(3)4)28(34)30-9-13-39-32(35)36/h7-8,16,19-20,22-24,26,33H,6,9-15,17-18,29H2,1-5H3,(H,30,34)/t22-,23-,24-,26-/m0/s1. The number of fused-ring (bicyclic) bond motifs is 1. The minimum absolute atomic E-state index is 0.0240. The van der Waals surface area contributed by atoms with Crippen LogP contribution in [0.25, 0.3) is 0 Å². The van der Waals surface area contributed by atoms with E-state index in [4.69, 9.17) is 15.2 Å². The second-order valence-electron chi connectivity index (χ2n) is 11.1. The van der Waals surface area contributed by atoms with Gasteiger partial charge in [-0.15, -0.1) is 10.1 Å². The van der Waals surface area contributed by atoms with Gasteiger partial charge in [-0.3, -0.25) is 4.79 Å². The summed E-state index contributed by atoms with van der Waals surface area (Å²) in [6.45, 7) is 11.1. The number of hydrogen-bond donors (Lipinski definition) is 3. The van der Waals surface area contributed by atoms with E-state index in [0.29, 0.717) is 18.9 Å². The van der Waals surface area contributed by atoms with Gasteiger partial charge >= 0.3 is 0 Å². The normalized spacial score (nSPS) is 16.3. The van der Waals surface area contributed by atoms with Crippen molar-refractivity contribution < 1.29 is 29.3 Å². The van der Waals surface area contributed by atoms with Crippen LogP contribution in [0.4, 0.5) is 5.69 Å². The average molecular weight is 553 g/mol. The fourth-order valence-corrected chi connectivity index (χ4v) is 5.02. The lowest BCUT2D eigenvalue weighted by molar-refractivity contribution is -0.757. The van der Waals surface area contributed by atoms with E-state index >= 15 is 0 Å². The summed E-state index contributed by atoms with van der Waals surface area (Å²) >= 11 is 0. The van der Waals surface area contributed by atoms with Gasteiger partial charge in [0, 0.05) is 38.8 Å². The van der Waals surface area contributed by atoms with Gasteiger partial charge < -0.3 is 35.4 Å². The van der Waals surface area contributed by atoms with Crippen LogP contribution >= 0.6 is 0 Å². The third kappa shape index (κ3) is 10.8. The van der Waals surface area contributed by atoms with E-state index in [2.05, 4.69) is 41.0 Å². The molecule has 1 aromatic rings. The van der Waals surface area contributed by atoms with E-state index in [-0.39, 0.29) is 37.3 Å². The summed E-state index contributed by atoms with van der Waals surface area (Å²) in [6, 6.07) is 5.87. The molecule has 0 unspecified atom stereocenters. The Labute approximate surface area is 232 Å². The number of ether oxygens (including phenoxy) is 2. The van der Waals surface area contributed by atoms with Crippen molar-refractivity contribution in [3.8, 4) is 5.75 Å².